The molecule has 5 nitrogen and oxygen atoms in total. The normalized spacial score (nSPS) is 20.1. The second kappa shape index (κ2) is 7.22. The van der Waals surface area contributed by atoms with Crippen LogP contribution in [-0.4, -0.2) is 31.3 Å². The molecule has 0 N–H and O–H groups in total. The van der Waals surface area contributed by atoms with E-state index in [-0.39, 0.29) is 31.8 Å². The molecule has 0 spiro atoms. The zero-order chi connectivity index (χ0) is 15.2. The first kappa shape index (κ1) is 15.5. The topological polar surface area (TPSA) is 65.1 Å². The van der Waals surface area contributed by atoms with Crippen molar-refractivity contribution in [3.05, 3.63) is 35.9 Å². The van der Waals surface area contributed by atoms with Gasteiger partial charge in [0.05, 0.1) is 19.3 Å². The molecule has 2 rings (SSSR count). The number of benzene rings is 1. The summed E-state index contributed by atoms with van der Waals surface area (Å²) in [5, 5.41) is 0. The summed E-state index contributed by atoms with van der Waals surface area (Å²) in [5.41, 5.74) is 1.05. The monoisotopic (exact) mass is 292 g/mol. The average molecular weight is 292 g/mol. The van der Waals surface area contributed by atoms with Gasteiger partial charge in [0.25, 0.3) is 0 Å². The van der Waals surface area contributed by atoms with Gasteiger partial charge in [-0.3, -0.25) is 9.59 Å². The van der Waals surface area contributed by atoms with Crippen LogP contribution in [0.15, 0.2) is 30.3 Å². The summed E-state index contributed by atoms with van der Waals surface area (Å²) >= 11 is 0. The highest BCUT2D eigenvalue weighted by atomic mass is 16.6. The van der Waals surface area contributed by atoms with E-state index in [0.29, 0.717) is 0 Å². The van der Waals surface area contributed by atoms with Crippen LogP contribution in [0, 0.1) is 5.92 Å². The molecule has 0 saturated carbocycles. The maximum absolute atomic E-state index is 11.9. The van der Waals surface area contributed by atoms with Gasteiger partial charge in [-0.2, -0.15) is 0 Å². The van der Waals surface area contributed by atoms with Crippen molar-refractivity contribution >= 4 is 11.9 Å². The Kier molecular flexibility index (Phi) is 5.33. The molecule has 1 heterocycles. The van der Waals surface area contributed by atoms with Crippen molar-refractivity contribution in [3.63, 3.8) is 0 Å². The Morgan fingerprint density at radius 3 is 2.19 bits per heavy atom. The van der Waals surface area contributed by atoms with Gasteiger partial charge >= 0.3 is 11.9 Å². The maximum atomic E-state index is 11.9. The molecule has 0 radical (unpaired) electrons. The lowest BCUT2D eigenvalue weighted by molar-refractivity contribution is -0.162. The highest BCUT2D eigenvalue weighted by molar-refractivity contribution is 5.95. The molecule has 2 atom stereocenters. The van der Waals surface area contributed by atoms with Gasteiger partial charge in [0.15, 0.2) is 5.92 Å². The van der Waals surface area contributed by atoms with Crippen LogP contribution in [0.2, 0.25) is 0 Å². The number of carbonyl (C=O) groups excluding carboxylic acids is 2. The van der Waals surface area contributed by atoms with Crippen LogP contribution in [-0.2, 0) is 23.8 Å². The fraction of sp³-hybridized carbons (Fsp3) is 0.500. The Morgan fingerprint density at radius 2 is 1.67 bits per heavy atom. The predicted octanol–water partition coefficient (Wildman–Crippen LogP) is 2.26. The van der Waals surface area contributed by atoms with E-state index in [0.717, 1.165) is 5.56 Å². The SMILES string of the molecule is CCOC(=O)C(CC1OC1c1ccccc1)C(=O)OCC. The highest BCUT2D eigenvalue weighted by Crippen LogP contribution is 2.42. The first-order chi connectivity index (χ1) is 10.2. The fourth-order valence-corrected chi connectivity index (χ4v) is 2.26. The van der Waals surface area contributed by atoms with E-state index in [1.165, 1.54) is 0 Å². The van der Waals surface area contributed by atoms with Crippen molar-refractivity contribution in [2.24, 2.45) is 5.92 Å². The highest BCUT2D eigenvalue weighted by Gasteiger charge is 2.45. The molecule has 5 heteroatoms. The van der Waals surface area contributed by atoms with Crippen LogP contribution >= 0.6 is 0 Å². The van der Waals surface area contributed by atoms with Gasteiger partial charge in [0.1, 0.15) is 6.10 Å². The molecule has 21 heavy (non-hydrogen) atoms. The third-order valence-electron chi connectivity index (χ3n) is 3.32. The smallest absolute Gasteiger partial charge is 0.320 e. The minimum atomic E-state index is -0.913. The van der Waals surface area contributed by atoms with E-state index in [4.69, 9.17) is 14.2 Å². The number of hydrogen-bond donors (Lipinski definition) is 0. The number of carbonyl (C=O) groups is 2. The number of hydrogen-bond acceptors (Lipinski definition) is 5. The molecule has 0 aromatic heterocycles. The van der Waals surface area contributed by atoms with Gasteiger partial charge in [0, 0.05) is 6.42 Å². The van der Waals surface area contributed by atoms with Crippen molar-refractivity contribution in [2.45, 2.75) is 32.5 Å². The van der Waals surface area contributed by atoms with Gasteiger partial charge < -0.3 is 14.2 Å². The third-order valence-corrected chi connectivity index (χ3v) is 3.32. The molecule has 0 amide bonds. The van der Waals surface area contributed by atoms with E-state index in [1.54, 1.807) is 13.8 Å². The Labute approximate surface area is 124 Å². The third kappa shape index (κ3) is 4.04. The molecule has 2 unspecified atom stereocenters. The van der Waals surface area contributed by atoms with Crippen molar-refractivity contribution in [2.75, 3.05) is 13.2 Å². The van der Waals surface area contributed by atoms with Crippen LogP contribution in [0.25, 0.3) is 0 Å². The van der Waals surface area contributed by atoms with Gasteiger partial charge in [-0.1, -0.05) is 30.3 Å². The zero-order valence-electron chi connectivity index (χ0n) is 12.3. The van der Waals surface area contributed by atoms with Crippen LogP contribution in [0.5, 0.6) is 0 Å². The van der Waals surface area contributed by atoms with Gasteiger partial charge in [-0.15, -0.1) is 0 Å². The van der Waals surface area contributed by atoms with Gasteiger partial charge in [-0.25, -0.2) is 0 Å². The lowest BCUT2D eigenvalue weighted by Gasteiger charge is -2.13. The van der Waals surface area contributed by atoms with E-state index >= 15 is 0 Å². The second-order valence-corrected chi connectivity index (χ2v) is 4.80. The van der Waals surface area contributed by atoms with Gasteiger partial charge in [0.2, 0.25) is 0 Å². The minimum absolute atomic E-state index is 0.0578. The number of epoxide rings is 1. The summed E-state index contributed by atoms with van der Waals surface area (Å²) in [6, 6.07) is 9.73. The summed E-state index contributed by atoms with van der Waals surface area (Å²) in [4.78, 5) is 23.8. The standard InChI is InChI=1S/C16H20O5/c1-3-19-15(17)12(16(18)20-4-2)10-13-14(21-13)11-8-6-5-7-9-11/h5-9,12-14H,3-4,10H2,1-2H3. The number of rotatable bonds is 7. The van der Waals surface area contributed by atoms with E-state index < -0.39 is 17.9 Å². The Morgan fingerprint density at radius 1 is 1.10 bits per heavy atom. The van der Waals surface area contributed by atoms with Crippen LogP contribution in [0.3, 0.4) is 0 Å². The fourth-order valence-electron chi connectivity index (χ4n) is 2.26. The van der Waals surface area contributed by atoms with E-state index in [9.17, 15) is 9.59 Å². The molecule has 0 aliphatic carbocycles. The van der Waals surface area contributed by atoms with Crippen molar-refractivity contribution < 1.29 is 23.8 Å². The Bertz CT molecular complexity index is 467. The predicted molar refractivity (Wildman–Crippen MR) is 75.4 cm³/mol. The molecule has 1 aromatic rings. The van der Waals surface area contributed by atoms with Crippen LogP contribution in [0.4, 0.5) is 0 Å². The minimum Gasteiger partial charge on any atom is -0.465 e. The number of ether oxygens (including phenoxy) is 3. The molecule has 1 aromatic carbocycles. The first-order valence-corrected chi connectivity index (χ1v) is 7.21. The zero-order valence-corrected chi connectivity index (χ0v) is 12.3. The molecule has 1 saturated heterocycles. The first-order valence-electron chi connectivity index (χ1n) is 7.21. The summed E-state index contributed by atoms with van der Waals surface area (Å²) in [6.07, 6.45) is 0.0841. The summed E-state index contributed by atoms with van der Waals surface area (Å²) in [6.45, 7) is 3.89. The molecule has 1 aliphatic rings. The molecule has 1 aliphatic heterocycles. The molecular weight excluding hydrogens is 272 g/mol. The lowest BCUT2D eigenvalue weighted by Crippen LogP contribution is -2.29. The Hall–Kier alpha value is -1.88. The summed E-state index contributed by atoms with van der Waals surface area (Å²) in [7, 11) is 0. The van der Waals surface area contributed by atoms with Crippen molar-refractivity contribution in [1.82, 2.24) is 0 Å². The van der Waals surface area contributed by atoms with E-state index in [2.05, 4.69) is 0 Å². The van der Waals surface area contributed by atoms with Crippen LogP contribution in [0.1, 0.15) is 31.9 Å². The quantitative estimate of drug-likeness (QED) is 0.438. The Balaban J connectivity index is 1.97. The average Bonchev–Trinajstić information content (AvgIpc) is 3.25. The second-order valence-electron chi connectivity index (χ2n) is 4.80. The summed E-state index contributed by atoms with van der Waals surface area (Å²) < 4.78 is 15.5. The molecule has 1 fully saturated rings. The molecular formula is C16H20O5. The van der Waals surface area contributed by atoms with Crippen molar-refractivity contribution in [1.29, 1.82) is 0 Å². The largest absolute Gasteiger partial charge is 0.465 e. The van der Waals surface area contributed by atoms with E-state index in [1.807, 2.05) is 30.3 Å². The maximum Gasteiger partial charge on any atom is 0.320 e. The van der Waals surface area contributed by atoms with Crippen LogP contribution < -0.4 is 0 Å². The number of esters is 2. The van der Waals surface area contributed by atoms with Crippen molar-refractivity contribution in [3.8, 4) is 0 Å². The summed E-state index contributed by atoms with van der Waals surface area (Å²) in [5.74, 6) is -2.00. The molecule has 0 bridgehead atoms. The lowest BCUT2D eigenvalue weighted by atomic mass is 9.99. The molecule has 114 valence electrons. The van der Waals surface area contributed by atoms with Gasteiger partial charge in [-0.05, 0) is 19.4 Å².